The van der Waals surface area contributed by atoms with Gasteiger partial charge >= 0.3 is 17.9 Å². The highest BCUT2D eigenvalue weighted by Gasteiger charge is 2.19. The summed E-state index contributed by atoms with van der Waals surface area (Å²) in [6.07, 6.45) is 26.9. The molecule has 242 valence electrons. The lowest BCUT2D eigenvalue weighted by Crippen LogP contribution is -2.30. The number of ether oxygens (including phenoxy) is 3. The second kappa shape index (κ2) is 31.3. The fourth-order valence-corrected chi connectivity index (χ4v) is 4.91. The van der Waals surface area contributed by atoms with Crippen molar-refractivity contribution in [1.82, 2.24) is 0 Å². The van der Waals surface area contributed by atoms with Crippen molar-refractivity contribution < 1.29 is 28.6 Å². The van der Waals surface area contributed by atoms with Crippen LogP contribution >= 0.6 is 0 Å². The Kier molecular flexibility index (Phi) is 30.1. The zero-order valence-corrected chi connectivity index (χ0v) is 27.3. The Morgan fingerprint density at radius 3 is 0.976 bits per heavy atom. The largest absolute Gasteiger partial charge is 0.462 e. The maximum absolute atomic E-state index is 12.5. The standard InChI is InChI=1S/C35H66O6/c1-4-7-10-13-15-17-18-20-22-25-28-34(37)40-31-32(30-39-33(36)27-24-21-12-9-6-3)41-35(38)29-26-23-19-16-14-11-8-5-2/h32H,4-31H2,1-3H3. The number of rotatable bonds is 31. The molecule has 0 saturated heterocycles. The average molecular weight is 583 g/mol. The van der Waals surface area contributed by atoms with Crippen LogP contribution in [0.2, 0.25) is 0 Å². The molecule has 0 aliphatic rings. The Morgan fingerprint density at radius 1 is 0.390 bits per heavy atom. The van der Waals surface area contributed by atoms with Crippen molar-refractivity contribution in [3.8, 4) is 0 Å². The molecule has 0 saturated carbocycles. The molecule has 6 heteroatoms. The topological polar surface area (TPSA) is 78.9 Å². The van der Waals surface area contributed by atoms with Gasteiger partial charge in [-0.1, -0.05) is 149 Å². The van der Waals surface area contributed by atoms with Crippen molar-refractivity contribution in [3.63, 3.8) is 0 Å². The molecule has 0 fully saturated rings. The number of hydrogen-bond acceptors (Lipinski definition) is 6. The van der Waals surface area contributed by atoms with Crippen LogP contribution in [0.15, 0.2) is 0 Å². The molecule has 1 unspecified atom stereocenters. The van der Waals surface area contributed by atoms with Gasteiger partial charge in [0.2, 0.25) is 0 Å². The van der Waals surface area contributed by atoms with Gasteiger partial charge in [0.05, 0.1) is 0 Å². The van der Waals surface area contributed by atoms with Crippen LogP contribution in [-0.2, 0) is 28.6 Å². The first-order valence-electron chi connectivity index (χ1n) is 17.5. The minimum absolute atomic E-state index is 0.0659. The molecule has 6 nitrogen and oxygen atoms in total. The third kappa shape index (κ3) is 29.7. The summed E-state index contributed by atoms with van der Waals surface area (Å²) in [7, 11) is 0. The Hall–Kier alpha value is -1.59. The van der Waals surface area contributed by atoms with Gasteiger partial charge < -0.3 is 14.2 Å². The molecule has 0 N–H and O–H groups in total. The minimum Gasteiger partial charge on any atom is -0.462 e. The predicted octanol–water partition coefficient (Wildman–Crippen LogP) is 10.2. The van der Waals surface area contributed by atoms with E-state index in [-0.39, 0.29) is 31.1 Å². The van der Waals surface area contributed by atoms with Gasteiger partial charge in [0, 0.05) is 19.3 Å². The summed E-state index contributed by atoms with van der Waals surface area (Å²) >= 11 is 0. The molecule has 0 radical (unpaired) electrons. The van der Waals surface area contributed by atoms with Gasteiger partial charge in [-0.3, -0.25) is 14.4 Å². The molecule has 0 aromatic rings. The van der Waals surface area contributed by atoms with E-state index in [1.807, 2.05) is 0 Å². The molecule has 1 atom stereocenters. The smallest absolute Gasteiger partial charge is 0.306 e. The van der Waals surface area contributed by atoms with Gasteiger partial charge in [-0.25, -0.2) is 0 Å². The first-order valence-corrected chi connectivity index (χ1v) is 17.5. The van der Waals surface area contributed by atoms with Crippen molar-refractivity contribution in [3.05, 3.63) is 0 Å². The van der Waals surface area contributed by atoms with Gasteiger partial charge in [0.15, 0.2) is 6.10 Å². The second-order valence-corrected chi connectivity index (χ2v) is 11.8. The van der Waals surface area contributed by atoms with E-state index in [1.165, 1.54) is 83.5 Å². The maximum Gasteiger partial charge on any atom is 0.306 e. The summed E-state index contributed by atoms with van der Waals surface area (Å²) in [5.74, 6) is -0.888. The van der Waals surface area contributed by atoms with E-state index in [0.29, 0.717) is 19.3 Å². The molecule has 0 aliphatic heterocycles. The van der Waals surface area contributed by atoms with Gasteiger partial charge in [0.25, 0.3) is 0 Å². The number of unbranched alkanes of at least 4 members (excludes halogenated alkanes) is 20. The molecule has 0 amide bonds. The van der Waals surface area contributed by atoms with Crippen LogP contribution in [0.4, 0.5) is 0 Å². The molecule has 0 bridgehead atoms. The van der Waals surface area contributed by atoms with Crippen LogP contribution in [0.25, 0.3) is 0 Å². The highest BCUT2D eigenvalue weighted by atomic mass is 16.6. The molecule has 0 aromatic carbocycles. The molecule has 0 rings (SSSR count). The fourth-order valence-electron chi connectivity index (χ4n) is 4.91. The van der Waals surface area contributed by atoms with E-state index in [4.69, 9.17) is 14.2 Å². The lowest BCUT2D eigenvalue weighted by Gasteiger charge is -2.18. The number of hydrogen-bond donors (Lipinski definition) is 0. The van der Waals surface area contributed by atoms with Crippen molar-refractivity contribution >= 4 is 17.9 Å². The van der Waals surface area contributed by atoms with Crippen molar-refractivity contribution in [2.75, 3.05) is 13.2 Å². The highest BCUT2D eigenvalue weighted by Crippen LogP contribution is 2.13. The van der Waals surface area contributed by atoms with E-state index in [0.717, 1.165) is 64.2 Å². The molecule has 0 spiro atoms. The lowest BCUT2D eigenvalue weighted by molar-refractivity contribution is -0.167. The summed E-state index contributed by atoms with van der Waals surface area (Å²) in [4.78, 5) is 36.9. The van der Waals surface area contributed by atoms with Gasteiger partial charge in [0.1, 0.15) is 13.2 Å². The summed E-state index contributed by atoms with van der Waals surface area (Å²) in [5.41, 5.74) is 0. The van der Waals surface area contributed by atoms with Crippen LogP contribution in [-0.4, -0.2) is 37.2 Å². The number of carbonyl (C=O) groups excluding carboxylic acids is 3. The molecular formula is C35H66O6. The first kappa shape index (κ1) is 39.4. The van der Waals surface area contributed by atoms with Crippen molar-refractivity contribution in [2.24, 2.45) is 0 Å². The molecule has 0 aliphatic carbocycles. The van der Waals surface area contributed by atoms with Crippen LogP contribution in [0.5, 0.6) is 0 Å². The number of esters is 3. The Labute approximate surface area is 253 Å². The molecular weight excluding hydrogens is 516 g/mol. The summed E-state index contributed by atoms with van der Waals surface area (Å²) in [6.45, 7) is 6.48. The van der Waals surface area contributed by atoms with Gasteiger partial charge in [-0.2, -0.15) is 0 Å². The lowest BCUT2D eigenvalue weighted by atomic mass is 10.1. The SMILES string of the molecule is CCCCCCCCCCCCC(=O)OCC(COC(=O)CCCCCCC)OC(=O)CCCCCCCCCC. The molecule has 41 heavy (non-hydrogen) atoms. The zero-order chi connectivity index (χ0) is 30.2. The summed E-state index contributed by atoms with van der Waals surface area (Å²) in [6, 6.07) is 0. The van der Waals surface area contributed by atoms with Crippen LogP contribution in [0.1, 0.15) is 188 Å². The average Bonchev–Trinajstić information content (AvgIpc) is 2.96. The summed E-state index contributed by atoms with van der Waals surface area (Å²) < 4.78 is 16.4. The van der Waals surface area contributed by atoms with Crippen molar-refractivity contribution in [1.29, 1.82) is 0 Å². The van der Waals surface area contributed by atoms with E-state index in [2.05, 4.69) is 20.8 Å². The van der Waals surface area contributed by atoms with E-state index in [9.17, 15) is 14.4 Å². The minimum atomic E-state index is -0.753. The normalized spacial score (nSPS) is 11.8. The van der Waals surface area contributed by atoms with Crippen molar-refractivity contribution in [2.45, 2.75) is 194 Å². The molecule has 0 heterocycles. The maximum atomic E-state index is 12.5. The van der Waals surface area contributed by atoms with E-state index in [1.54, 1.807) is 0 Å². The Balaban J connectivity index is 4.30. The van der Waals surface area contributed by atoms with Crippen LogP contribution < -0.4 is 0 Å². The highest BCUT2D eigenvalue weighted by molar-refractivity contribution is 5.71. The predicted molar refractivity (Wildman–Crippen MR) is 169 cm³/mol. The second-order valence-electron chi connectivity index (χ2n) is 11.8. The summed E-state index contributed by atoms with van der Waals surface area (Å²) in [5, 5.41) is 0. The monoisotopic (exact) mass is 582 g/mol. The van der Waals surface area contributed by atoms with Gasteiger partial charge in [-0.15, -0.1) is 0 Å². The Bertz CT molecular complexity index is 605. The van der Waals surface area contributed by atoms with Gasteiger partial charge in [-0.05, 0) is 19.3 Å². The third-order valence-electron chi connectivity index (χ3n) is 7.61. The first-order chi connectivity index (χ1) is 20.0. The van der Waals surface area contributed by atoms with Crippen LogP contribution in [0.3, 0.4) is 0 Å². The fraction of sp³-hybridized carbons (Fsp3) is 0.914. The van der Waals surface area contributed by atoms with E-state index < -0.39 is 6.10 Å². The quantitative estimate of drug-likeness (QED) is 0.0459. The van der Waals surface area contributed by atoms with E-state index >= 15 is 0 Å². The zero-order valence-electron chi connectivity index (χ0n) is 27.3. The Morgan fingerprint density at radius 2 is 0.659 bits per heavy atom. The number of carbonyl (C=O) groups is 3. The van der Waals surface area contributed by atoms with Crippen LogP contribution in [0, 0.1) is 0 Å². The molecule has 0 aromatic heterocycles. The third-order valence-corrected chi connectivity index (χ3v) is 7.61.